The lowest BCUT2D eigenvalue weighted by atomic mass is 10.2. The van der Waals surface area contributed by atoms with E-state index in [-0.39, 0.29) is 11.9 Å². The predicted octanol–water partition coefficient (Wildman–Crippen LogP) is 0.602. The van der Waals surface area contributed by atoms with Gasteiger partial charge in [-0.05, 0) is 24.3 Å². The molecule has 86 valence electrons. The van der Waals surface area contributed by atoms with Crippen molar-refractivity contribution in [3.8, 4) is 0 Å². The fraction of sp³-hybridized carbons (Fsp3) is 0.400. The number of pyridine rings is 1. The van der Waals surface area contributed by atoms with Crippen LogP contribution in [0.2, 0.25) is 0 Å². The van der Waals surface area contributed by atoms with Gasteiger partial charge >= 0.3 is 0 Å². The lowest BCUT2D eigenvalue weighted by Crippen LogP contribution is -2.35. The van der Waals surface area contributed by atoms with Crippen LogP contribution in [-0.4, -0.2) is 28.4 Å². The molecule has 4 N–H and O–H groups in total. The van der Waals surface area contributed by atoms with Gasteiger partial charge in [0.25, 0.3) is 5.91 Å². The zero-order chi connectivity index (χ0) is 11.4. The number of anilines is 1. The van der Waals surface area contributed by atoms with Crippen LogP contribution in [-0.2, 0) is 0 Å². The van der Waals surface area contributed by atoms with Gasteiger partial charge in [-0.2, -0.15) is 11.8 Å². The molecule has 0 bridgehead atoms. The van der Waals surface area contributed by atoms with Crippen LogP contribution < -0.4 is 16.6 Å². The molecule has 1 fully saturated rings. The van der Waals surface area contributed by atoms with Crippen LogP contribution in [0.4, 0.5) is 5.69 Å². The van der Waals surface area contributed by atoms with Gasteiger partial charge in [-0.25, -0.2) is 0 Å². The number of hydrogen-bond donors (Lipinski definition) is 3. The maximum absolute atomic E-state index is 11.8. The van der Waals surface area contributed by atoms with E-state index in [1.165, 1.54) is 0 Å². The van der Waals surface area contributed by atoms with Crippen molar-refractivity contribution in [2.24, 2.45) is 5.84 Å². The number of rotatable bonds is 3. The largest absolute Gasteiger partial charge is 0.347 e. The van der Waals surface area contributed by atoms with Crippen molar-refractivity contribution >= 4 is 23.4 Å². The number of carbonyl (C=O) groups is 1. The number of hydrogen-bond acceptors (Lipinski definition) is 5. The molecule has 2 heterocycles. The molecule has 6 heteroatoms. The third-order valence-electron chi connectivity index (χ3n) is 2.42. The number of nitrogens with one attached hydrogen (secondary N) is 2. The number of amides is 1. The molecule has 1 aromatic heterocycles. The Morgan fingerprint density at radius 3 is 3.19 bits per heavy atom. The van der Waals surface area contributed by atoms with Gasteiger partial charge in [0, 0.05) is 18.0 Å². The highest BCUT2D eigenvalue weighted by Gasteiger charge is 2.18. The average molecular weight is 238 g/mol. The van der Waals surface area contributed by atoms with E-state index in [4.69, 9.17) is 5.84 Å². The van der Waals surface area contributed by atoms with Crippen molar-refractivity contribution in [1.82, 2.24) is 10.3 Å². The normalized spacial score (nSPS) is 19.4. The van der Waals surface area contributed by atoms with Crippen molar-refractivity contribution in [3.05, 3.63) is 24.0 Å². The van der Waals surface area contributed by atoms with E-state index in [9.17, 15) is 4.79 Å². The first-order valence-electron chi connectivity index (χ1n) is 5.11. The molecule has 0 spiro atoms. The molecule has 1 saturated heterocycles. The van der Waals surface area contributed by atoms with E-state index in [0.717, 1.165) is 17.9 Å². The molecule has 1 unspecified atom stereocenters. The van der Waals surface area contributed by atoms with Crippen LogP contribution >= 0.6 is 11.8 Å². The van der Waals surface area contributed by atoms with Crippen molar-refractivity contribution in [2.45, 2.75) is 12.5 Å². The second kappa shape index (κ2) is 5.18. The molecule has 1 atom stereocenters. The summed E-state index contributed by atoms with van der Waals surface area (Å²) in [6, 6.07) is 3.62. The minimum absolute atomic E-state index is 0.135. The third kappa shape index (κ3) is 2.65. The van der Waals surface area contributed by atoms with Crippen molar-refractivity contribution in [3.63, 3.8) is 0 Å². The maximum Gasteiger partial charge on any atom is 0.270 e. The number of thioether (sulfide) groups is 1. The van der Waals surface area contributed by atoms with Crippen LogP contribution in [0.1, 0.15) is 16.9 Å². The Morgan fingerprint density at radius 2 is 2.50 bits per heavy atom. The molecule has 2 rings (SSSR count). The summed E-state index contributed by atoms with van der Waals surface area (Å²) in [5.74, 6) is 7.24. The Balaban J connectivity index is 2.01. The molecular weight excluding hydrogens is 224 g/mol. The SMILES string of the molecule is NNc1ccnc(C(=O)NC2CCSC2)c1. The monoisotopic (exact) mass is 238 g/mol. The van der Waals surface area contributed by atoms with Gasteiger partial charge in [0.1, 0.15) is 5.69 Å². The highest BCUT2D eigenvalue weighted by Crippen LogP contribution is 2.17. The quantitative estimate of drug-likeness (QED) is 0.531. The summed E-state index contributed by atoms with van der Waals surface area (Å²) in [7, 11) is 0. The molecule has 0 saturated carbocycles. The topological polar surface area (TPSA) is 80.0 Å². The molecule has 1 aliphatic heterocycles. The minimum Gasteiger partial charge on any atom is -0.347 e. The second-order valence-corrected chi connectivity index (χ2v) is 4.76. The molecule has 16 heavy (non-hydrogen) atoms. The zero-order valence-corrected chi connectivity index (χ0v) is 9.59. The summed E-state index contributed by atoms with van der Waals surface area (Å²) in [6.07, 6.45) is 2.60. The Hall–Kier alpha value is -1.27. The van der Waals surface area contributed by atoms with E-state index >= 15 is 0 Å². The van der Waals surface area contributed by atoms with Crippen molar-refractivity contribution in [1.29, 1.82) is 0 Å². The Morgan fingerprint density at radius 1 is 1.62 bits per heavy atom. The molecule has 5 nitrogen and oxygen atoms in total. The van der Waals surface area contributed by atoms with Gasteiger partial charge in [0.15, 0.2) is 0 Å². The van der Waals surface area contributed by atoms with Gasteiger partial charge in [-0.1, -0.05) is 0 Å². The van der Waals surface area contributed by atoms with Gasteiger partial charge in [0.2, 0.25) is 0 Å². The van der Waals surface area contributed by atoms with Crippen LogP contribution in [0.25, 0.3) is 0 Å². The van der Waals surface area contributed by atoms with Gasteiger partial charge in [-0.3, -0.25) is 15.6 Å². The lowest BCUT2D eigenvalue weighted by molar-refractivity contribution is 0.0936. The summed E-state index contributed by atoms with van der Waals surface area (Å²) >= 11 is 1.86. The van der Waals surface area contributed by atoms with E-state index < -0.39 is 0 Å². The van der Waals surface area contributed by atoms with E-state index in [0.29, 0.717) is 11.4 Å². The number of carbonyl (C=O) groups excluding carboxylic acids is 1. The number of nitrogens with zero attached hydrogens (tertiary/aromatic N) is 1. The van der Waals surface area contributed by atoms with E-state index in [2.05, 4.69) is 15.7 Å². The first kappa shape index (κ1) is 11.2. The van der Waals surface area contributed by atoms with Crippen molar-refractivity contribution < 1.29 is 4.79 Å². The highest BCUT2D eigenvalue weighted by molar-refractivity contribution is 7.99. The highest BCUT2D eigenvalue weighted by atomic mass is 32.2. The predicted molar refractivity (Wildman–Crippen MR) is 65.2 cm³/mol. The summed E-state index contributed by atoms with van der Waals surface area (Å²) in [4.78, 5) is 15.8. The minimum atomic E-state index is -0.135. The summed E-state index contributed by atoms with van der Waals surface area (Å²) in [5.41, 5.74) is 3.57. The summed E-state index contributed by atoms with van der Waals surface area (Å²) in [6.45, 7) is 0. The van der Waals surface area contributed by atoms with Gasteiger partial charge in [-0.15, -0.1) is 0 Å². The summed E-state index contributed by atoms with van der Waals surface area (Å²) < 4.78 is 0. The van der Waals surface area contributed by atoms with Crippen LogP contribution in [0.15, 0.2) is 18.3 Å². The average Bonchev–Trinajstić information content (AvgIpc) is 2.82. The van der Waals surface area contributed by atoms with E-state index in [1.54, 1.807) is 18.3 Å². The van der Waals surface area contributed by atoms with Gasteiger partial charge < -0.3 is 10.7 Å². The van der Waals surface area contributed by atoms with Crippen LogP contribution in [0, 0.1) is 0 Å². The Labute approximate surface area is 98.2 Å². The molecule has 1 aliphatic rings. The second-order valence-electron chi connectivity index (χ2n) is 3.61. The Kier molecular flexibility index (Phi) is 3.63. The summed E-state index contributed by atoms with van der Waals surface area (Å²) in [5, 5.41) is 2.96. The maximum atomic E-state index is 11.8. The van der Waals surface area contributed by atoms with Crippen LogP contribution in [0.3, 0.4) is 0 Å². The number of hydrazine groups is 1. The number of nitrogens with two attached hydrogens (primary N) is 1. The number of aromatic nitrogens is 1. The number of nitrogen functional groups attached to an aromatic ring is 1. The molecular formula is C10H14N4OS. The molecule has 1 amide bonds. The zero-order valence-electron chi connectivity index (χ0n) is 8.77. The molecule has 1 aromatic rings. The van der Waals surface area contributed by atoms with Gasteiger partial charge in [0.05, 0.1) is 5.69 Å². The molecule has 0 aromatic carbocycles. The lowest BCUT2D eigenvalue weighted by Gasteiger charge is -2.11. The molecule has 0 radical (unpaired) electrons. The van der Waals surface area contributed by atoms with Crippen molar-refractivity contribution in [2.75, 3.05) is 16.9 Å². The van der Waals surface area contributed by atoms with E-state index in [1.807, 2.05) is 11.8 Å². The fourth-order valence-electron chi connectivity index (χ4n) is 1.55. The Bertz CT molecular complexity index is 379. The van der Waals surface area contributed by atoms with Crippen LogP contribution in [0.5, 0.6) is 0 Å². The first-order valence-corrected chi connectivity index (χ1v) is 6.26. The third-order valence-corrected chi connectivity index (χ3v) is 3.59. The molecule has 0 aliphatic carbocycles. The first-order chi connectivity index (χ1) is 7.79. The standard InChI is InChI=1S/C10H14N4OS/c11-14-7-1-3-12-9(5-7)10(15)13-8-2-4-16-6-8/h1,3,5,8H,2,4,6,11H2,(H,12,14)(H,13,15). The fourth-order valence-corrected chi connectivity index (χ4v) is 2.70. The smallest absolute Gasteiger partial charge is 0.270 e.